The van der Waals surface area contributed by atoms with E-state index in [4.69, 9.17) is 5.11 Å². The van der Waals surface area contributed by atoms with Crippen LogP contribution in [0.1, 0.15) is 26.2 Å². The van der Waals surface area contributed by atoms with Crippen LogP contribution in [0.3, 0.4) is 0 Å². The summed E-state index contributed by atoms with van der Waals surface area (Å²) in [5, 5.41) is 8.96. The summed E-state index contributed by atoms with van der Waals surface area (Å²) in [5.41, 5.74) is 0. The van der Waals surface area contributed by atoms with Crippen molar-refractivity contribution in [3.05, 3.63) is 12.4 Å². The van der Waals surface area contributed by atoms with Crippen LogP contribution in [0.25, 0.3) is 0 Å². The third kappa shape index (κ3) is 5.50. The summed E-state index contributed by atoms with van der Waals surface area (Å²) in [7, 11) is 0. The molecule has 0 amide bonds. The second-order valence-electron chi connectivity index (χ2n) is 2.04. The average molecular weight is 132 g/mol. The Morgan fingerprint density at radius 2 is 2.33 bits per heavy atom. The molecule has 1 unspecified atom stereocenters. The van der Waals surface area contributed by atoms with Gasteiger partial charge in [0, 0.05) is 0 Å². The number of hydrogen-bond acceptors (Lipinski definition) is 1. The van der Waals surface area contributed by atoms with Gasteiger partial charge in [-0.15, -0.1) is 0 Å². The molecule has 54 valence electrons. The van der Waals surface area contributed by atoms with Crippen LogP contribution in [0.4, 0.5) is 4.39 Å². The minimum absolute atomic E-state index is 0.359. The molecule has 1 N–H and O–H groups in total. The van der Waals surface area contributed by atoms with E-state index in [2.05, 4.69) is 0 Å². The summed E-state index contributed by atoms with van der Waals surface area (Å²) in [6.07, 6.45) is 3.58. The molecule has 0 saturated heterocycles. The van der Waals surface area contributed by atoms with Crippen molar-refractivity contribution in [2.24, 2.45) is 0 Å². The van der Waals surface area contributed by atoms with E-state index < -0.39 is 0 Å². The van der Waals surface area contributed by atoms with E-state index in [-0.39, 0.29) is 6.10 Å². The number of aliphatic hydroxyl groups is 1. The first-order valence-corrected chi connectivity index (χ1v) is 3.24. The number of hydrogen-bond donors (Lipinski definition) is 1. The topological polar surface area (TPSA) is 20.2 Å². The highest BCUT2D eigenvalue weighted by Gasteiger charge is 1.97. The monoisotopic (exact) mass is 132 g/mol. The van der Waals surface area contributed by atoms with Crippen LogP contribution in [-0.4, -0.2) is 11.2 Å². The number of aliphatic hydroxyl groups excluding tert-OH is 1. The zero-order chi connectivity index (χ0) is 7.11. The van der Waals surface area contributed by atoms with Gasteiger partial charge in [0.1, 0.15) is 0 Å². The van der Waals surface area contributed by atoms with Gasteiger partial charge in [-0.1, -0.05) is 19.4 Å². The molecule has 0 aliphatic carbocycles. The maximum Gasteiger partial charge on any atom is 0.0828 e. The summed E-state index contributed by atoms with van der Waals surface area (Å²) in [5.74, 6) is 0. The summed E-state index contributed by atoms with van der Waals surface area (Å²) < 4.78 is 11.3. The minimum atomic E-state index is -0.359. The summed E-state index contributed by atoms with van der Waals surface area (Å²) in [4.78, 5) is 0. The third-order valence-corrected chi connectivity index (χ3v) is 1.12. The lowest BCUT2D eigenvalue weighted by Gasteiger charge is -2.02. The van der Waals surface area contributed by atoms with Crippen LogP contribution in [0, 0.1) is 0 Å². The van der Waals surface area contributed by atoms with Crippen LogP contribution in [0.5, 0.6) is 0 Å². The molecule has 0 fully saturated rings. The zero-order valence-corrected chi connectivity index (χ0v) is 5.68. The molecule has 0 rings (SSSR count). The zero-order valence-electron chi connectivity index (χ0n) is 5.68. The Morgan fingerprint density at radius 1 is 1.67 bits per heavy atom. The van der Waals surface area contributed by atoms with Crippen molar-refractivity contribution in [3.8, 4) is 0 Å². The lowest BCUT2D eigenvalue weighted by atomic mass is 10.1. The quantitative estimate of drug-likeness (QED) is 0.620. The largest absolute Gasteiger partial charge is 0.393 e. The Bertz CT molecular complexity index is 81.0. The van der Waals surface area contributed by atoms with Gasteiger partial charge in [0.05, 0.1) is 12.4 Å². The Balaban J connectivity index is 3.15. The molecule has 0 aliphatic rings. The van der Waals surface area contributed by atoms with Gasteiger partial charge < -0.3 is 5.11 Å². The fourth-order valence-corrected chi connectivity index (χ4v) is 0.660. The van der Waals surface area contributed by atoms with E-state index in [0.717, 1.165) is 12.8 Å². The molecule has 2 heteroatoms. The molecule has 0 bridgehead atoms. The maximum atomic E-state index is 11.3. The van der Waals surface area contributed by atoms with Crippen molar-refractivity contribution in [2.45, 2.75) is 32.3 Å². The van der Waals surface area contributed by atoms with Gasteiger partial charge in [0.2, 0.25) is 0 Å². The van der Waals surface area contributed by atoms with Crippen molar-refractivity contribution in [1.82, 2.24) is 0 Å². The summed E-state index contributed by atoms with van der Waals surface area (Å²) >= 11 is 0. The molecule has 0 aromatic carbocycles. The molecule has 1 nitrogen and oxygen atoms in total. The first-order valence-electron chi connectivity index (χ1n) is 3.24. The van der Waals surface area contributed by atoms with Crippen LogP contribution in [0.2, 0.25) is 0 Å². The highest BCUT2D eigenvalue weighted by molar-refractivity contribution is 4.75. The molecule has 0 saturated carbocycles. The van der Waals surface area contributed by atoms with E-state index in [9.17, 15) is 4.39 Å². The normalized spacial score (nSPS) is 14.6. The number of halogens is 1. The lowest BCUT2D eigenvalue weighted by Crippen LogP contribution is -2.02. The SMILES string of the molecule is CCCC(O)C/C=C/F. The lowest BCUT2D eigenvalue weighted by molar-refractivity contribution is 0.166. The Labute approximate surface area is 55.2 Å². The molecule has 0 heterocycles. The average Bonchev–Trinajstić information content (AvgIpc) is 1.85. The third-order valence-electron chi connectivity index (χ3n) is 1.12. The van der Waals surface area contributed by atoms with Crippen molar-refractivity contribution >= 4 is 0 Å². The highest BCUT2D eigenvalue weighted by Crippen LogP contribution is 2.01. The van der Waals surface area contributed by atoms with E-state index in [0.29, 0.717) is 12.8 Å². The van der Waals surface area contributed by atoms with Gasteiger partial charge in [-0.05, 0) is 12.8 Å². The molecule has 0 aromatic rings. The maximum absolute atomic E-state index is 11.3. The van der Waals surface area contributed by atoms with Crippen LogP contribution in [-0.2, 0) is 0 Å². The molecule has 9 heavy (non-hydrogen) atoms. The van der Waals surface area contributed by atoms with Gasteiger partial charge in [-0.2, -0.15) is 0 Å². The standard InChI is InChI=1S/C7H13FO/c1-2-4-7(9)5-3-6-8/h3,6-7,9H,2,4-5H2,1H3/b6-3+. The Hall–Kier alpha value is -0.370. The molecule has 0 spiro atoms. The summed E-state index contributed by atoms with van der Waals surface area (Å²) in [6.45, 7) is 1.99. The second-order valence-corrected chi connectivity index (χ2v) is 2.04. The van der Waals surface area contributed by atoms with Gasteiger partial charge in [0.25, 0.3) is 0 Å². The number of rotatable bonds is 4. The van der Waals surface area contributed by atoms with E-state index >= 15 is 0 Å². The molecule has 0 aliphatic heterocycles. The van der Waals surface area contributed by atoms with Gasteiger partial charge in [-0.25, -0.2) is 4.39 Å². The predicted octanol–water partition coefficient (Wildman–Crippen LogP) is 2.02. The van der Waals surface area contributed by atoms with Crippen LogP contribution in [0.15, 0.2) is 12.4 Å². The van der Waals surface area contributed by atoms with E-state index in [1.54, 1.807) is 0 Å². The molecule has 1 atom stereocenters. The molecular weight excluding hydrogens is 119 g/mol. The van der Waals surface area contributed by atoms with Crippen LogP contribution < -0.4 is 0 Å². The van der Waals surface area contributed by atoms with E-state index in [1.165, 1.54) is 6.08 Å². The Morgan fingerprint density at radius 3 is 2.78 bits per heavy atom. The molecule has 0 aromatic heterocycles. The van der Waals surface area contributed by atoms with E-state index in [1.807, 2.05) is 6.92 Å². The first kappa shape index (κ1) is 8.63. The first-order chi connectivity index (χ1) is 4.31. The smallest absolute Gasteiger partial charge is 0.0828 e. The van der Waals surface area contributed by atoms with Crippen molar-refractivity contribution in [1.29, 1.82) is 0 Å². The van der Waals surface area contributed by atoms with Crippen molar-refractivity contribution < 1.29 is 9.50 Å². The minimum Gasteiger partial charge on any atom is -0.393 e. The summed E-state index contributed by atoms with van der Waals surface area (Å²) in [6, 6.07) is 0. The van der Waals surface area contributed by atoms with Gasteiger partial charge in [0.15, 0.2) is 0 Å². The fourth-order valence-electron chi connectivity index (χ4n) is 0.660. The van der Waals surface area contributed by atoms with Crippen LogP contribution >= 0.6 is 0 Å². The van der Waals surface area contributed by atoms with Gasteiger partial charge in [-0.3, -0.25) is 0 Å². The molecule has 0 radical (unpaired) electrons. The fraction of sp³-hybridized carbons (Fsp3) is 0.714. The molecular formula is C7H13FO. The predicted molar refractivity (Wildman–Crippen MR) is 35.8 cm³/mol. The van der Waals surface area contributed by atoms with Crippen molar-refractivity contribution in [2.75, 3.05) is 0 Å². The highest BCUT2D eigenvalue weighted by atomic mass is 19.1. The Kier molecular flexibility index (Phi) is 5.52. The van der Waals surface area contributed by atoms with Crippen molar-refractivity contribution in [3.63, 3.8) is 0 Å². The second kappa shape index (κ2) is 5.76. The van der Waals surface area contributed by atoms with Gasteiger partial charge >= 0.3 is 0 Å².